The van der Waals surface area contributed by atoms with Crippen molar-refractivity contribution in [3.05, 3.63) is 64.2 Å². The minimum atomic E-state index is -0.642. The maximum Gasteiger partial charge on any atom is 0.343 e. The molecule has 8 heteroatoms. The van der Waals surface area contributed by atoms with Crippen LogP contribution in [0, 0.1) is 10.1 Å². The summed E-state index contributed by atoms with van der Waals surface area (Å²) in [5, 5.41) is 14.2. The quantitative estimate of drug-likeness (QED) is 0.0937. The van der Waals surface area contributed by atoms with Gasteiger partial charge in [-0.3, -0.25) is 14.9 Å². The zero-order valence-corrected chi connectivity index (χ0v) is 20.5. The van der Waals surface area contributed by atoms with Gasteiger partial charge in [-0.15, -0.1) is 0 Å². The number of nitro benzene ring substituents is 1. The fourth-order valence-electron chi connectivity index (χ4n) is 3.60. The van der Waals surface area contributed by atoms with Gasteiger partial charge in [0.2, 0.25) is 0 Å². The number of amides is 1. The van der Waals surface area contributed by atoms with E-state index in [1.807, 2.05) is 0 Å². The summed E-state index contributed by atoms with van der Waals surface area (Å²) in [7, 11) is 0. The molecule has 190 valence electrons. The maximum atomic E-state index is 12.2. The molecule has 0 saturated heterocycles. The summed E-state index contributed by atoms with van der Waals surface area (Å²) in [5.74, 6) is -1.01. The summed E-state index contributed by atoms with van der Waals surface area (Å²) in [5.41, 5.74) is -0.0552. The number of unbranched alkanes of at least 4 members (excludes halogenated alkanes) is 9. The van der Waals surface area contributed by atoms with Crippen LogP contribution in [0.3, 0.4) is 0 Å². The number of rotatable bonds is 17. The number of ether oxygens (including phenoxy) is 2. The van der Waals surface area contributed by atoms with Gasteiger partial charge in [-0.2, -0.15) is 0 Å². The molecule has 0 heterocycles. The first-order valence-electron chi connectivity index (χ1n) is 12.5. The zero-order chi connectivity index (χ0) is 25.3. The SMILES string of the molecule is CCCCCCCCCCCCNC(=O)COc1ccc(OC(=O)c2ccccc2)cc1[N+](=O)[O-]. The van der Waals surface area contributed by atoms with Crippen molar-refractivity contribution in [2.75, 3.05) is 13.2 Å². The monoisotopic (exact) mass is 484 g/mol. The molecule has 1 amide bonds. The largest absolute Gasteiger partial charge is 0.477 e. The van der Waals surface area contributed by atoms with Crippen molar-refractivity contribution in [3.63, 3.8) is 0 Å². The van der Waals surface area contributed by atoms with Gasteiger partial charge in [0, 0.05) is 6.54 Å². The summed E-state index contributed by atoms with van der Waals surface area (Å²) in [6.07, 6.45) is 12.2. The van der Waals surface area contributed by atoms with E-state index in [-0.39, 0.29) is 29.7 Å². The summed E-state index contributed by atoms with van der Waals surface area (Å²) in [6, 6.07) is 12.1. The van der Waals surface area contributed by atoms with Gasteiger partial charge in [-0.05, 0) is 30.7 Å². The van der Waals surface area contributed by atoms with Crippen LogP contribution < -0.4 is 14.8 Å². The average Bonchev–Trinajstić information content (AvgIpc) is 2.86. The van der Waals surface area contributed by atoms with Crippen LogP contribution >= 0.6 is 0 Å². The third-order valence-electron chi connectivity index (χ3n) is 5.56. The fourth-order valence-corrected chi connectivity index (χ4v) is 3.60. The fraction of sp³-hybridized carbons (Fsp3) is 0.481. The van der Waals surface area contributed by atoms with Crippen LogP contribution in [-0.2, 0) is 4.79 Å². The van der Waals surface area contributed by atoms with Gasteiger partial charge >= 0.3 is 11.7 Å². The summed E-state index contributed by atoms with van der Waals surface area (Å²) < 4.78 is 10.6. The average molecular weight is 485 g/mol. The van der Waals surface area contributed by atoms with Gasteiger partial charge in [0.15, 0.2) is 12.4 Å². The lowest BCUT2D eigenvalue weighted by Gasteiger charge is -2.09. The lowest BCUT2D eigenvalue weighted by Crippen LogP contribution is -2.29. The first-order chi connectivity index (χ1) is 17.0. The molecular formula is C27H36N2O6. The second-order valence-electron chi connectivity index (χ2n) is 8.46. The Balaban J connectivity index is 1.69. The standard InChI is InChI=1S/C27H36N2O6/c1-2-3-4-5-6-7-8-9-10-14-19-28-26(30)21-34-25-18-17-23(20-24(25)29(32)33)35-27(31)22-15-12-11-13-16-22/h11-13,15-18,20H,2-10,14,19,21H2,1H3,(H,28,30). The molecule has 35 heavy (non-hydrogen) atoms. The number of esters is 1. The molecule has 2 rings (SSSR count). The minimum absolute atomic E-state index is 0.0170. The molecule has 0 saturated carbocycles. The van der Waals surface area contributed by atoms with Gasteiger partial charge in [0.05, 0.1) is 16.6 Å². The molecule has 0 unspecified atom stereocenters. The molecular weight excluding hydrogens is 448 g/mol. The Morgan fingerprint density at radius 3 is 2.14 bits per heavy atom. The molecule has 0 aliphatic rings. The zero-order valence-electron chi connectivity index (χ0n) is 20.5. The Hall–Kier alpha value is -3.42. The first-order valence-corrected chi connectivity index (χ1v) is 12.5. The maximum absolute atomic E-state index is 12.2. The predicted octanol–water partition coefficient (Wildman–Crippen LogP) is 6.23. The van der Waals surface area contributed by atoms with Crippen LogP contribution in [0.15, 0.2) is 48.5 Å². The van der Waals surface area contributed by atoms with Crippen LogP contribution in [0.4, 0.5) is 5.69 Å². The lowest BCUT2D eigenvalue weighted by atomic mass is 10.1. The molecule has 0 aliphatic carbocycles. The smallest absolute Gasteiger partial charge is 0.343 e. The summed E-state index contributed by atoms with van der Waals surface area (Å²) in [4.78, 5) is 35.0. The highest BCUT2D eigenvalue weighted by molar-refractivity contribution is 5.91. The van der Waals surface area contributed by atoms with E-state index in [1.54, 1.807) is 30.3 Å². The Kier molecular flexibility index (Phi) is 12.9. The normalized spacial score (nSPS) is 10.5. The number of carbonyl (C=O) groups excluding carboxylic acids is 2. The third kappa shape index (κ3) is 11.0. The van der Waals surface area contributed by atoms with Crippen LogP contribution in [0.5, 0.6) is 11.5 Å². The van der Waals surface area contributed by atoms with E-state index in [9.17, 15) is 19.7 Å². The van der Waals surface area contributed by atoms with Crippen molar-refractivity contribution in [1.29, 1.82) is 0 Å². The van der Waals surface area contributed by atoms with Crippen LogP contribution in [0.1, 0.15) is 81.5 Å². The molecule has 0 atom stereocenters. The highest BCUT2D eigenvalue weighted by Gasteiger charge is 2.19. The van der Waals surface area contributed by atoms with E-state index in [0.717, 1.165) is 25.3 Å². The molecule has 0 spiro atoms. The number of hydrogen-bond donors (Lipinski definition) is 1. The van der Waals surface area contributed by atoms with Crippen LogP contribution in [-0.4, -0.2) is 30.0 Å². The van der Waals surface area contributed by atoms with E-state index in [2.05, 4.69) is 12.2 Å². The number of nitro groups is 1. The van der Waals surface area contributed by atoms with E-state index < -0.39 is 10.9 Å². The molecule has 0 bridgehead atoms. The number of nitrogens with one attached hydrogen (secondary N) is 1. The number of nitrogens with zero attached hydrogens (tertiary/aromatic N) is 1. The molecule has 0 radical (unpaired) electrons. The van der Waals surface area contributed by atoms with Crippen LogP contribution in [0.25, 0.3) is 0 Å². The van der Waals surface area contributed by atoms with Gasteiger partial charge in [0.25, 0.3) is 5.91 Å². The molecule has 1 N–H and O–H groups in total. The second-order valence-corrected chi connectivity index (χ2v) is 8.46. The number of benzene rings is 2. The Morgan fingerprint density at radius 2 is 1.51 bits per heavy atom. The molecule has 0 aliphatic heterocycles. The van der Waals surface area contributed by atoms with E-state index in [1.165, 1.54) is 57.1 Å². The van der Waals surface area contributed by atoms with Crippen molar-refractivity contribution in [2.45, 2.75) is 71.1 Å². The Bertz CT molecular complexity index is 933. The molecule has 0 fully saturated rings. The van der Waals surface area contributed by atoms with Crippen molar-refractivity contribution in [2.24, 2.45) is 0 Å². The Labute approximate surface area is 207 Å². The third-order valence-corrected chi connectivity index (χ3v) is 5.56. The first kappa shape index (κ1) is 27.8. The highest BCUT2D eigenvalue weighted by atomic mass is 16.6. The van der Waals surface area contributed by atoms with Crippen molar-refractivity contribution < 1.29 is 24.0 Å². The second kappa shape index (κ2) is 16.2. The van der Waals surface area contributed by atoms with Crippen molar-refractivity contribution in [3.8, 4) is 11.5 Å². The predicted molar refractivity (Wildman–Crippen MR) is 135 cm³/mol. The number of carbonyl (C=O) groups is 2. The van der Waals surface area contributed by atoms with Crippen molar-refractivity contribution in [1.82, 2.24) is 5.32 Å². The molecule has 0 aromatic heterocycles. The van der Waals surface area contributed by atoms with Crippen molar-refractivity contribution >= 4 is 17.6 Å². The van der Waals surface area contributed by atoms with Gasteiger partial charge in [-0.25, -0.2) is 4.79 Å². The molecule has 2 aromatic rings. The minimum Gasteiger partial charge on any atom is -0.477 e. The highest BCUT2D eigenvalue weighted by Crippen LogP contribution is 2.31. The molecule has 8 nitrogen and oxygen atoms in total. The van der Waals surface area contributed by atoms with E-state index in [4.69, 9.17) is 9.47 Å². The van der Waals surface area contributed by atoms with Crippen LogP contribution in [0.2, 0.25) is 0 Å². The van der Waals surface area contributed by atoms with E-state index >= 15 is 0 Å². The molecule has 2 aromatic carbocycles. The van der Waals surface area contributed by atoms with E-state index in [0.29, 0.717) is 12.1 Å². The Morgan fingerprint density at radius 1 is 0.886 bits per heavy atom. The summed E-state index contributed by atoms with van der Waals surface area (Å²) in [6.45, 7) is 2.44. The topological polar surface area (TPSA) is 108 Å². The van der Waals surface area contributed by atoms with Gasteiger partial charge in [0.1, 0.15) is 5.75 Å². The van der Waals surface area contributed by atoms with Gasteiger partial charge in [-0.1, -0.05) is 82.9 Å². The lowest BCUT2D eigenvalue weighted by molar-refractivity contribution is -0.385. The summed E-state index contributed by atoms with van der Waals surface area (Å²) >= 11 is 0. The van der Waals surface area contributed by atoms with Gasteiger partial charge < -0.3 is 14.8 Å². The number of hydrogen-bond acceptors (Lipinski definition) is 6.